The van der Waals surface area contributed by atoms with Crippen LogP contribution >= 0.6 is 0 Å². The molecule has 4 nitrogen and oxygen atoms in total. The average Bonchev–Trinajstić information content (AvgIpc) is 2.43. The maximum Gasteiger partial charge on any atom is 0.211 e. The normalized spacial score (nSPS) is 23.3. The van der Waals surface area contributed by atoms with Crippen LogP contribution in [0, 0.1) is 5.92 Å². The van der Waals surface area contributed by atoms with Crippen LogP contribution < -0.4 is 10.0 Å². The Morgan fingerprint density at radius 2 is 2.12 bits per heavy atom. The highest BCUT2D eigenvalue weighted by molar-refractivity contribution is 7.89. The minimum absolute atomic E-state index is 0.0830. The highest BCUT2D eigenvalue weighted by Crippen LogP contribution is 2.07. The second kappa shape index (κ2) is 6.57. The van der Waals surface area contributed by atoms with E-state index in [0.717, 1.165) is 38.8 Å². The third-order valence-corrected chi connectivity index (χ3v) is 4.32. The van der Waals surface area contributed by atoms with E-state index >= 15 is 0 Å². The van der Waals surface area contributed by atoms with Gasteiger partial charge in [-0.15, -0.1) is 0 Å². The molecule has 0 aliphatic carbocycles. The van der Waals surface area contributed by atoms with Crippen LogP contribution in [0.2, 0.25) is 0 Å². The molecule has 96 valence electrons. The van der Waals surface area contributed by atoms with Crippen molar-refractivity contribution in [2.45, 2.75) is 45.6 Å². The van der Waals surface area contributed by atoms with Gasteiger partial charge in [-0.2, -0.15) is 0 Å². The molecule has 0 amide bonds. The quantitative estimate of drug-likeness (QED) is 0.766. The standard InChI is InChI=1S/C11H24N2O2S/c1-10(2)6-8-16(14,15)13-11-5-3-4-7-12-9-11/h10-13H,3-9H2,1-2H3. The first-order valence-corrected chi connectivity index (χ1v) is 7.85. The molecule has 1 heterocycles. The van der Waals surface area contributed by atoms with Gasteiger partial charge in [-0.25, -0.2) is 13.1 Å². The summed E-state index contributed by atoms with van der Waals surface area (Å²) in [7, 11) is -3.08. The first kappa shape index (κ1) is 13.9. The van der Waals surface area contributed by atoms with Crippen LogP contribution in [-0.2, 0) is 10.0 Å². The van der Waals surface area contributed by atoms with Crippen molar-refractivity contribution in [3.8, 4) is 0 Å². The third kappa shape index (κ3) is 5.82. The monoisotopic (exact) mass is 248 g/mol. The van der Waals surface area contributed by atoms with Crippen LogP contribution in [0.3, 0.4) is 0 Å². The van der Waals surface area contributed by atoms with Gasteiger partial charge in [-0.3, -0.25) is 0 Å². The van der Waals surface area contributed by atoms with Crippen molar-refractivity contribution in [1.82, 2.24) is 10.0 Å². The Kier molecular flexibility index (Phi) is 5.72. The fourth-order valence-corrected chi connectivity index (χ4v) is 3.43. The average molecular weight is 248 g/mol. The van der Waals surface area contributed by atoms with E-state index in [1.54, 1.807) is 0 Å². The fourth-order valence-electron chi connectivity index (χ4n) is 1.82. The highest BCUT2D eigenvalue weighted by Gasteiger charge is 2.19. The van der Waals surface area contributed by atoms with Crippen LogP contribution in [0.25, 0.3) is 0 Å². The van der Waals surface area contributed by atoms with E-state index in [4.69, 9.17) is 0 Å². The molecule has 0 aromatic carbocycles. The Balaban J connectivity index is 2.38. The molecule has 1 fully saturated rings. The third-order valence-electron chi connectivity index (χ3n) is 2.86. The van der Waals surface area contributed by atoms with Crippen LogP contribution in [0.1, 0.15) is 39.5 Å². The Hall–Kier alpha value is -0.130. The van der Waals surface area contributed by atoms with E-state index in [1.165, 1.54) is 0 Å². The first-order valence-electron chi connectivity index (χ1n) is 6.20. The minimum Gasteiger partial charge on any atom is -0.315 e. The summed E-state index contributed by atoms with van der Waals surface area (Å²) in [6.07, 6.45) is 3.93. The number of rotatable bonds is 5. The molecule has 0 radical (unpaired) electrons. The number of sulfonamides is 1. The maximum absolute atomic E-state index is 11.8. The van der Waals surface area contributed by atoms with Crippen molar-refractivity contribution in [1.29, 1.82) is 0 Å². The molecule has 1 saturated heterocycles. The summed E-state index contributed by atoms with van der Waals surface area (Å²) in [6, 6.07) is 0.0830. The summed E-state index contributed by atoms with van der Waals surface area (Å²) in [4.78, 5) is 0. The Bertz CT molecular complexity index is 280. The number of hydrogen-bond donors (Lipinski definition) is 2. The van der Waals surface area contributed by atoms with Crippen LogP contribution in [0.4, 0.5) is 0 Å². The van der Waals surface area contributed by atoms with Crippen LogP contribution in [0.5, 0.6) is 0 Å². The van der Waals surface area contributed by atoms with Crippen molar-refractivity contribution in [3.05, 3.63) is 0 Å². The van der Waals surface area contributed by atoms with Gasteiger partial charge < -0.3 is 5.32 Å². The Morgan fingerprint density at radius 3 is 2.81 bits per heavy atom. The summed E-state index contributed by atoms with van der Waals surface area (Å²) in [5.74, 6) is 0.685. The largest absolute Gasteiger partial charge is 0.315 e. The molecule has 0 aromatic heterocycles. The molecular formula is C11H24N2O2S. The SMILES string of the molecule is CC(C)CCS(=O)(=O)NC1CCCCNC1. The van der Waals surface area contributed by atoms with E-state index in [-0.39, 0.29) is 11.8 Å². The second-order valence-corrected chi connectivity index (χ2v) is 6.89. The summed E-state index contributed by atoms with van der Waals surface area (Å²) in [5.41, 5.74) is 0. The van der Waals surface area contributed by atoms with Gasteiger partial charge in [0, 0.05) is 12.6 Å². The smallest absolute Gasteiger partial charge is 0.211 e. The maximum atomic E-state index is 11.8. The van der Waals surface area contributed by atoms with E-state index in [9.17, 15) is 8.42 Å². The highest BCUT2D eigenvalue weighted by atomic mass is 32.2. The molecule has 1 aliphatic rings. The molecular weight excluding hydrogens is 224 g/mol. The Morgan fingerprint density at radius 1 is 1.38 bits per heavy atom. The van der Waals surface area contributed by atoms with Crippen LogP contribution in [0.15, 0.2) is 0 Å². The Labute approximate surface area is 99.2 Å². The van der Waals surface area contributed by atoms with Gasteiger partial charge in [0.15, 0.2) is 0 Å². The molecule has 1 aliphatic heterocycles. The fraction of sp³-hybridized carbons (Fsp3) is 1.00. The van der Waals surface area contributed by atoms with E-state index < -0.39 is 10.0 Å². The lowest BCUT2D eigenvalue weighted by molar-refractivity contribution is 0.514. The van der Waals surface area contributed by atoms with Gasteiger partial charge in [0.2, 0.25) is 10.0 Å². The predicted octanol–water partition coefficient (Wildman–Crippen LogP) is 1.09. The minimum atomic E-state index is -3.08. The molecule has 2 N–H and O–H groups in total. The molecule has 1 unspecified atom stereocenters. The van der Waals surface area contributed by atoms with E-state index in [1.807, 2.05) is 13.8 Å². The van der Waals surface area contributed by atoms with E-state index in [2.05, 4.69) is 10.0 Å². The lowest BCUT2D eigenvalue weighted by atomic mass is 10.2. The summed E-state index contributed by atoms with van der Waals surface area (Å²) in [5, 5.41) is 3.26. The lowest BCUT2D eigenvalue weighted by Crippen LogP contribution is -2.41. The topological polar surface area (TPSA) is 58.2 Å². The van der Waals surface area contributed by atoms with Crippen molar-refractivity contribution in [2.24, 2.45) is 5.92 Å². The first-order chi connectivity index (χ1) is 7.49. The molecule has 0 bridgehead atoms. The van der Waals surface area contributed by atoms with Crippen molar-refractivity contribution < 1.29 is 8.42 Å². The zero-order valence-corrected chi connectivity index (χ0v) is 11.1. The molecule has 16 heavy (non-hydrogen) atoms. The van der Waals surface area contributed by atoms with Crippen molar-refractivity contribution in [2.75, 3.05) is 18.8 Å². The second-order valence-electron chi connectivity index (χ2n) is 5.02. The zero-order valence-electron chi connectivity index (χ0n) is 10.3. The van der Waals surface area contributed by atoms with Gasteiger partial charge in [0.1, 0.15) is 0 Å². The van der Waals surface area contributed by atoms with Crippen molar-refractivity contribution in [3.63, 3.8) is 0 Å². The van der Waals surface area contributed by atoms with Gasteiger partial charge >= 0.3 is 0 Å². The molecule has 0 aromatic rings. The number of hydrogen-bond acceptors (Lipinski definition) is 3. The predicted molar refractivity (Wildman–Crippen MR) is 66.9 cm³/mol. The van der Waals surface area contributed by atoms with Crippen molar-refractivity contribution >= 4 is 10.0 Å². The zero-order chi connectivity index (χ0) is 12.0. The van der Waals surface area contributed by atoms with Gasteiger partial charge in [-0.1, -0.05) is 20.3 Å². The summed E-state index contributed by atoms with van der Waals surface area (Å²) in [6.45, 7) is 5.86. The van der Waals surface area contributed by atoms with Gasteiger partial charge in [-0.05, 0) is 31.7 Å². The van der Waals surface area contributed by atoms with Gasteiger partial charge in [0.05, 0.1) is 5.75 Å². The molecule has 1 rings (SSSR count). The molecule has 0 spiro atoms. The molecule has 0 saturated carbocycles. The summed E-state index contributed by atoms with van der Waals surface area (Å²) < 4.78 is 26.4. The lowest BCUT2D eigenvalue weighted by Gasteiger charge is -2.16. The summed E-state index contributed by atoms with van der Waals surface area (Å²) >= 11 is 0. The van der Waals surface area contributed by atoms with Crippen LogP contribution in [-0.4, -0.2) is 33.3 Å². The molecule has 5 heteroatoms. The molecule has 1 atom stereocenters. The van der Waals surface area contributed by atoms with E-state index in [0.29, 0.717) is 5.92 Å². The number of nitrogens with one attached hydrogen (secondary N) is 2. The van der Waals surface area contributed by atoms with Gasteiger partial charge in [0.25, 0.3) is 0 Å².